The molecule has 2 aliphatic heterocycles. The molecule has 3 N–H and O–H groups in total. The molecular formula is C33H38O8. The number of allylic oxidation sites excluding steroid dienone is 4. The summed E-state index contributed by atoms with van der Waals surface area (Å²) in [6, 6.07) is 0. The van der Waals surface area contributed by atoms with E-state index in [1.165, 1.54) is 0 Å². The van der Waals surface area contributed by atoms with Crippen molar-refractivity contribution in [3.63, 3.8) is 0 Å². The molecule has 5 unspecified atom stereocenters. The average molecular weight is 563 g/mol. The van der Waals surface area contributed by atoms with Crippen LogP contribution in [0.15, 0.2) is 47.1 Å². The molecule has 4 bridgehead atoms. The lowest BCUT2D eigenvalue weighted by molar-refractivity contribution is -0.171. The third kappa shape index (κ3) is 3.91. The Morgan fingerprint density at radius 2 is 1.80 bits per heavy atom. The van der Waals surface area contributed by atoms with E-state index in [9.17, 15) is 29.7 Å². The molecule has 6 rings (SSSR count). The lowest BCUT2D eigenvalue weighted by atomic mass is 9.51. The minimum atomic E-state index is -1.58. The fraction of sp³-hybridized carbons (Fsp3) is 0.485. The zero-order valence-corrected chi connectivity index (χ0v) is 24.5. The van der Waals surface area contributed by atoms with Gasteiger partial charge in [-0.3, -0.25) is 14.4 Å². The number of carbonyl (C=O) groups excluding carboxylic acids is 3. The second kappa shape index (κ2) is 9.53. The number of phenols is 2. The molecule has 5 atom stereocenters. The second-order valence-corrected chi connectivity index (χ2v) is 12.7. The first kappa shape index (κ1) is 29.0. The first-order valence-corrected chi connectivity index (χ1v) is 14.0. The van der Waals surface area contributed by atoms with Crippen LogP contribution >= 0.6 is 0 Å². The number of carbonyl (C=O) groups is 3. The van der Waals surface area contributed by atoms with E-state index in [-0.39, 0.29) is 58.8 Å². The number of hydrogen-bond acceptors (Lipinski definition) is 8. The van der Waals surface area contributed by atoms with Crippen LogP contribution in [0.1, 0.15) is 75.9 Å². The van der Waals surface area contributed by atoms with Crippen LogP contribution in [0.4, 0.5) is 0 Å². The molecule has 0 amide bonds. The maximum atomic E-state index is 14.5. The fourth-order valence-electron chi connectivity index (χ4n) is 7.17. The van der Waals surface area contributed by atoms with Crippen molar-refractivity contribution in [3.05, 3.63) is 63.8 Å². The number of fused-ring (bicyclic) bond motifs is 1. The highest BCUT2D eigenvalue weighted by atomic mass is 16.6. The van der Waals surface area contributed by atoms with Gasteiger partial charge in [-0.15, -0.1) is 0 Å². The number of benzene rings is 1. The minimum absolute atomic E-state index is 0.00753. The monoisotopic (exact) mass is 562 g/mol. The Kier molecular flexibility index (Phi) is 6.74. The highest BCUT2D eigenvalue weighted by molar-refractivity contribution is 6.18. The van der Waals surface area contributed by atoms with Gasteiger partial charge in [-0.05, 0) is 60.0 Å². The Hall–Kier alpha value is -3.49. The average Bonchev–Trinajstić information content (AvgIpc) is 3.06. The molecule has 2 heterocycles. The molecule has 8 nitrogen and oxygen atoms in total. The Labute approximate surface area is 240 Å². The van der Waals surface area contributed by atoms with E-state index in [1.54, 1.807) is 26.0 Å². The quantitative estimate of drug-likeness (QED) is 0.238. The summed E-state index contributed by atoms with van der Waals surface area (Å²) in [6.45, 7) is 14.6. The molecule has 1 spiro atoms. The van der Waals surface area contributed by atoms with E-state index in [1.807, 2.05) is 33.8 Å². The number of hydrogen-bond donors (Lipinski definition) is 3. The first-order valence-electron chi connectivity index (χ1n) is 14.0. The van der Waals surface area contributed by atoms with Gasteiger partial charge in [0.1, 0.15) is 29.1 Å². The van der Waals surface area contributed by atoms with Gasteiger partial charge in [-0.1, -0.05) is 36.0 Å². The normalized spacial score (nSPS) is 29.7. The van der Waals surface area contributed by atoms with Crippen molar-refractivity contribution in [2.45, 2.75) is 90.1 Å². The predicted molar refractivity (Wildman–Crippen MR) is 152 cm³/mol. The lowest BCUT2D eigenvalue weighted by Gasteiger charge is -2.56. The Morgan fingerprint density at radius 3 is 2.41 bits per heavy atom. The highest BCUT2D eigenvalue weighted by Crippen LogP contribution is 2.68. The van der Waals surface area contributed by atoms with Crippen molar-refractivity contribution in [2.24, 2.45) is 11.8 Å². The Morgan fingerprint density at radius 1 is 1.12 bits per heavy atom. The van der Waals surface area contributed by atoms with Gasteiger partial charge >= 0.3 is 0 Å². The van der Waals surface area contributed by atoms with Crippen LogP contribution in [-0.2, 0) is 27.2 Å². The number of aliphatic hydroxyl groups is 1. The SMILES string of the molecule is C=C(C)C(O)Cc1c(O)c(CC=C(C)C)c2c(c1O)C(=O)C1=CC3CC4C(C)(C)OC(CC=C(C)C=O)(C3=O)C14O2. The smallest absolute Gasteiger partial charge is 0.200 e. The molecule has 3 aliphatic carbocycles. The van der Waals surface area contributed by atoms with Gasteiger partial charge in [-0.2, -0.15) is 0 Å². The van der Waals surface area contributed by atoms with Gasteiger partial charge in [-0.25, -0.2) is 0 Å². The number of rotatable bonds is 8. The summed E-state index contributed by atoms with van der Waals surface area (Å²) < 4.78 is 13.5. The third-order valence-corrected chi connectivity index (χ3v) is 9.27. The van der Waals surface area contributed by atoms with Gasteiger partial charge in [0.15, 0.2) is 22.8 Å². The van der Waals surface area contributed by atoms with Crippen LogP contribution in [0, 0.1) is 11.8 Å². The summed E-state index contributed by atoms with van der Waals surface area (Å²) in [5, 5.41) is 33.5. The summed E-state index contributed by atoms with van der Waals surface area (Å²) in [4.78, 5) is 40.0. The predicted octanol–water partition coefficient (Wildman–Crippen LogP) is 4.63. The largest absolute Gasteiger partial charge is 0.507 e. The van der Waals surface area contributed by atoms with E-state index < -0.39 is 46.3 Å². The van der Waals surface area contributed by atoms with Gasteiger partial charge in [0, 0.05) is 41.4 Å². The summed E-state index contributed by atoms with van der Waals surface area (Å²) in [6.07, 6.45) is 5.26. The maximum absolute atomic E-state index is 14.5. The number of phenolic OH excluding ortho intramolecular Hbond substituents is 2. The molecule has 1 aromatic rings. The zero-order valence-electron chi connectivity index (χ0n) is 24.5. The number of aldehydes is 1. The summed E-state index contributed by atoms with van der Waals surface area (Å²) in [7, 11) is 0. The van der Waals surface area contributed by atoms with E-state index in [0.29, 0.717) is 23.9 Å². The number of aromatic hydroxyl groups is 2. The third-order valence-electron chi connectivity index (χ3n) is 9.27. The van der Waals surface area contributed by atoms with Gasteiger partial charge in [0.2, 0.25) is 0 Å². The molecule has 8 heteroatoms. The van der Waals surface area contributed by atoms with Crippen LogP contribution in [0.5, 0.6) is 17.2 Å². The number of ether oxygens (including phenoxy) is 2. The van der Waals surface area contributed by atoms with Crippen LogP contribution in [0.3, 0.4) is 0 Å². The fourth-order valence-corrected chi connectivity index (χ4v) is 7.17. The van der Waals surface area contributed by atoms with Crippen LogP contribution in [-0.4, -0.2) is 56.1 Å². The van der Waals surface area contributed by atoms with Crippen molar-refractivity contribution in [1.82, 2.24) is 0 Å². The van der Waals surface area contributed by atoms with Crippen molar-refractivity contribution >= 4 is 17.9 Å². The Balaban J connectivity index is 1.81. The van der Waals surface area contributed by atoms with Crippen LogP contribution < -0.4 is 4.74 Å². The summed E-state index contributed by atoms with van der Waals surface area (Å²) in [5.74, 6) is -2.45. The molecule has 0 radical (unpaired) electrons. The van der Waals surface area contributed by atoms with Gasteiger partial charge in [0.05, 0.1) is 11.7 Å². The molecule has 1 aromatic carbocycles. The van der Waals surface area contributed by atoms with Crippen molar-refractivity contribution in [1.29, 1.82) is 0 Å². The van der Waals surface area contributed by atoms with E-state index in [4.69, 9.17) is 9.47 Å². The number of ketones is 2. The molecule has 1 saturated heterocycles. The number of Topliss-reactive ketones (excluding diaryl/α,β-unsaturated/α-hetero) is 2. The van der Waals surface area contributed by atoms with Gasteiger partial charge in [0.25, 0.3) is 0 Å². The van der Waals surface area contributed by atoms with Crippen LogP contribution in [0.2, 0.25) is 0 Å². The van der Waals surface area contributed by atoms with Crippen molar-refractivity contribution < 1.29 is 39.2 Å². The van der Waals surface area contributed by atoms with Gasteiger partial charge < -0.3 is 24.8 Å². The molecule has 218 valence electrons. The topological polar surface area (TPSA) is 130 Å². The highest BCUT2D eigenvalue weighted by Gasteiger charge is 2.81. The van der Waals surface area contributed by atoms with Crippen LogP contribution in [0.25, 0.3) is 0 Å². The lowest BCUT2D eigenvalue weighted by Crippen LogP contribution is -2.72. The molecule has 5 aliphatic rings. The van der Waals surface area contributed by atoms with Crippen molar-refractivity contribution in [2.75, 3.05) is 0 Å². The minimum Gasteiger partial charge on any atom is -0.507 e. The Bertz CT molecular complexity index is 1490. The molecule has 2 fully saturated rings. The summed E-state index contributed by atoms with van der Waals surface area (Å²) in [5.41, 5.74) is -1.71. The van der Waals surface area contributed by atoms with Crippen molar-refractivity contribution in [3.8, 4) is 17.2 Å². The zero-order chi connectivity index (χ0) is 30.2. The number of aliphatic hydroxyl groups excluding tert-OH is 1. The molecule has 1 saturated carbocycles. The second-order valence-electron chi connectivity index (χ2n) is 12.7. The summed E-state index contributed by atoms with van der Waals surface area (Å²) >= 11 is 0. The van der Waals surface area contributed by atoms with E-state index >= 15 is 0 Å². The standard InChI is InChI=1S/C33H38O8/c1-16(2)8-9-20-26(36)21(14-23(35)17(3)4)27(37)25-28(38)22-12-19-13-24-31(6,7)41-32(30(19)39,11-10-18(5)15-34)33(22,24)40-29(20)25/h8,10,12,15,19,23-24,35-37H,3,9,11,13-14H2,1-2,4-7H3. The maximum Gasteiger partial charge on any atom is 0.200 e. The molecule has 0 aromatic heterocycles. The first-order chi connectivity index (χ1) is 19.1. The molecule has 41 heavy (non-hydrogen) atoms. The molecular weight excluding hydrogens is 524 g/mol. The van der Waals surface area contributed by atoms with E-state index in [2.05, 4.69) is 6.58 Å². The van der Waals surface area contributed by atoms with E-state index in [0.717, 1.165) is 5.57 Å².